The van der Waals surface area contributed by atoms with Gasteiger partial charge in [-0.1, -0.05) is 0 Å². The molecule has 2 aliphatic rings. The van der Waals surface area contributed by atoms with Crippen molar-refractivity contribution in [3.05, 3.63) is 0 Å². The van der Waals surface area contributed by atoms with E-state index in [0.29, 0.717) is 19.4 Å². The second-order valence-electron chi connectivity index (χ2n) is 5.01. The smallest absolute Gasteiger partial charge is 0.332 e. The molecule has 2 rings (SSSR count). The molecule has 0 saturated carbocycles. The number of carboxylic acid groups (broad SMARTS) is 1. The number of hydrogen-bond acceptors (Lipinski definition) is 4. The maximum atomic E-state index is 12.2. The Morgan fingerprint density at radius 1 is 1.11 bits per heavy atom. The summed E-state index contributed by atoms with van der Waals surface area (Å²) in [5.41, 5.74) is 0. The molecule has 0 aromatic heterocycles. The molecule has 0 radical (unpaired) electrons. The molecule has 0 spiro atoms. The van der Waals surface area contributed by atoms with Crippen molar-refractivity contribution in [3.63, 3.8) is 0 Å². The van der Waals surface area contributed by atoms with E-state index in [-0.39, 0.29) is 5.91 Å². The van der Waals surface area contributed by atoms with Gasteiger partial charge in [-0.2, -0.15) is 0 Å². The van der Waals surface area contributed by atoms with Crippen LogP contribution in [-0.4, -0.2) is 72.2 Å². The normalized spacial score (nSPS) is 30.2. The third-order valence-corrected chi connectivity index (χ3v) is 3.60. The van der Waals surface area contributed by atoms with Gasteiger partial charge in [0, 0.05) is 19.6 Å². The average Bonchev–Trinajstić information content (AvgIpc) is 2.73. The van der Waals surface area contributed by atoms with Crippen LogP contribution in [0.5, 0.6) is 0 Å². The van der Waals surface area contributed by atoms with Gasteiger partial charge < -0.3 is 19.6 Å². The predicted octanol–water partition coefficient (Wildman–Crippen LogP) is -0.217. The molecule has 0 aromatic carbocycles. The molecule has 1 amide bonds. The fourth-order valence-corrected chi connectivity index (χ4v) is 2.47. The molecule has 2 heterocycles. The van der Waals surface area contributed by atoms with Crippen LogP contribution in [0.25, 0.3) is 0 Å². The third kappa shape index (κ3) is 3.00. The molecule has 0 aliphatic carbocycles. The zero-order valence-electron chi connectivity index (χ0n) is 10.7. The van der Waals surface area contributed by atoms with Crippen LogP contribution in [0, 0.1) is 0 Å². The number of carboxylic acids is 1. The van der Waals surface area contributed by atoms with E-state index in [2.05, 4.69) is 4.90 Å². The summed E-state index contributed by atoms with van der Waals surface area (Å²) in [4.78, 5) is 27.0. The highest BCUT2D eigenvalue weighted by atomic mass is 16.5. The van der Waals surface area contributed by atoms with Crippen LogP contribution in [0.4, 0.5) is 0 Å². The van der Waals surface area contributed by atoms with Crippen LogP contribution in [0.15, 0.2) is 0 Å². The molecule has 2 fully saturated rings. The van der Waals surface area contributed by atoms with Crippen LogP contribution >= 0.6 is 0 Å². The van der Waals surface area contributed by atoms with Crippen LogP contribution in [-0.2, 0) is 14.3 Å². The van der Waals surface area contributed by atoms with E-state index >= 15 is 0 Å². The Morgan fingerprint density at radius 3 is 2.50 bits per heavy atom. The van der Waals surface area contributed by atoms with Gasteiger partial charge in [-0.3, -0.25) is 4.79 Å². The lowest BCUT2D eigenvalue weighted by atomic mass is 10.2. The summed E-state index contributed by atoms with van der Waals surface area (Å²) in [5.74, 6) is -1.02. The number of likely N-dealkylation sites (N-methyl/N-ethyl adjacent to an activating group) is 1. The van der Waals surface area contributed by atoms with Crippen molar-refractivity contribution < 1.29 is 19.4 Å². The summed E-state index contributed by atoms with van der Waals surface area (Å²) in [6, 6.07) is 0. The maximum Gasteiger partial charge on any atom is 0.332 e. The molecule has 2 aliphatic heterocycles. The molecule has 2 unspecified atom stereocenters. The zero-order chi connectivity index (χ0) is 13.1. The Labute approximate surface area is 106 Å². The minimum Gasteiger partial charge on any atom is -0.479 e. The average molecular weight is 256 g/mol. The highest BCUT2D eigenvalue weighted by Crippen LogP contribution is 2.22. The molecular formula is C12H20N2O4. The highest BCUT2D eigenvalue weighted by molar-refractivity contribution is 5.82. The number of rotatable bonds is 2. The summed E-state index contributed by atoms with van der Waals surface area (Å²) < 4.78 is 5.30. The number of carbonyl (C=O) groups excluding carboxylic acids is 1. The SMILES string of the molecule is CN1CCCN(C(=O)C2CCC(C(=O)O)O2)CC1. The van der Waals surface area contributed by atoms with Crippen molar-refractivity contribution in [2.24, 2.45) is 0 Å². The van der Waals surface area contributed by atoms with E-state index in [9.17, 15) is 9.59 Å². The van der Waals surface area contributed by atoms with E-state index in [4.69, 9.17) is 9.84 Å². The third-order valence-electron chi connectivity index (χ3n) is 3.60. The number of carbonyl (C=O) groups is 2. The van der Waals surface area contributed by atoms with Gasteiger partial charge in [-0.25, -0.2) is 4.79 Å². The van der Waals surface area contributed by atoms with Crippen molar-refractivity contribution >= 4 is 11.9 Å². The Kier molecular flexibility index (Phi) is 4.19. The highest BCUT2D eigenvalue weighted by Gasteiger charge is 2.36. The molecule has 2 atom stereocenters. The molecule has 0 aromatic rings. The quantitative estimate of drug-likeness (QED) is 0.740. The van der Waals surface area contributed by atoms with Crippen LogP contribution in [0.3, 0.4) is 0 Å². The van der Waals surface area contributed by atoms with Gasteiger partial charge in [0.15, 0.2) is 6.10 Å². The Hall–Kier alpha value is -1.14. The Balaban J connectivity index is 1.89. The lowest BCUT2D eigenvalue weighted by Crippen LogP contribution is -2.41. The molecule has 102 valence electrons. The summed E-state index contributed by atoms with van der Waals surface area (Å²) in [6.45, 7) is 3.29. The second-order valence-corrected chi connectivity index (χ2v) is 5.01. The summed E-state index contributed by atoms with van der Waals surface area (Å²) >= 11 is 0. The van der Waals surface area contributed by atoms with Crippen molar-refractivity contribution in [1.82, 2.24) is 9.80 Å². The van der Waals surface area contributed by atoms with E-state index < -0.39 is 18.2 Å². The van der Waals surface area contributed by atoms with E-state index in [1.54, 1.807) is 4.90 Å². The van der Waals surface area contributed by atoms with Crippen molar-refractivity contribution in [2.75, 3.05) is 33.2 Å². The molecule has 6 nitrogen and oxygen atoms in total. The minimum absolute atomic E-state index is 0.0472. The molecule has 2 saturated heterocycles. The summed E-state index contributed by atoms with van der Waals surface area (Å²) in [5, 5.41) is 8.85. The molecule has 18 heavy (non-hydrogen) atoms. The maximum absolute atomic E-state index is 12.2. The van der Waals surface area contributed by atoms with Crippen molar-refractivity contribution in [1.29, 1.82) is 0 Å². The lowest BCUT2D eigenvalue weighted by Gasteiger charge is -2.23. The van der Waals surface area contributed by atoms with Crippen LogP contribution < -0.4 is 0 Å². The number of ether oxygens (including phenoxy) is 1. The first-order valence-electron chi connectivity index (χ1n) is 6.43. The predicted molar refractivity (Wildman–Crippen MR) is 64.2 cm³/mol. The fraction of sp³-hybridized carbons (Fsp3) is 0.833. The Bertz CT molecular complexity index is 334. The minimum atomic E-state index is -0.971. The van der Waals surface area contributed by atoms with Crippen molar-refractivity contribution in [2.45, 2.75) is 31.5 Å². The number of hydrogen-bond donors (Lipinski definition) is 1. The Morgan fingerprint density at radius 2 is 1.83 bits per heavy atom. The fourth-order valence-electron chi connectivity index (χ4n) is 2.47. The van der Waals surface area contributed by atoms with Gasteiger partial charge in [0.2, 0.25) is 0 Å². The van der Waals surface area contributed by atoms with Gasteiger partial charge >= 0.3 is 5.97 Å². The topological polar surface area (TPSA) is 70.1 Å². The summed E-state index contributed by atoms with van der Waals surface area (Å²) in [7, 11) is 2.04. The first kappa shape index (κ1) is 13.3. The first-order valence-corrected chi connectivity index (χ1v) is 6.43. The largest absolute Gasteiger partial charge is 0.479 e. The standard InChI is InChI=1S/C12H20N2O4/c1-13-5-2-6-14(8-7-13)11(15)9-3-4-10(18-9)12(16)17/h9-10H,2-8H2,1H3,(H,16,17). The van der Waals surface area contributed by atoms with Gasteiger partial charge in [0.05, 0.1) is 0 Å². The van der Waals surface area contributed by atoms with Crippen LogP contribution in [0.1, 0.15) is 19.3 Å². The molecule has 6 heteroatoms. The number of nitrogens with zero attached hydrogens (tertiary/aromatic N) is 2. The molecule has 1 N–H and O–H groups in total. The second kappa shape index (κ2) is 5.67. The first-order chi connectivity index (χ1) is 8.58. The molecule has 0 bridgehead atoms. The zero-order valence-corrected chi connectivity index (χ0v) is 10.7. The van der Waals surface area contributed by atoms with Gasteiger partial charge in [-0.15, -0.1) is 0 Å². The number of aliphatic carboxylic acids is 1. The van der Waals surface area contributed by atoms with Gasteiger partial charge in [-0.05, 0) is 32.9 Å². The van der Waals surface area contributed by atoms with E-state index in [1.807, 2.05) is 7.05 Å². The van der Waals surface area contributed by atoms with Gasteiger partial charge in [0.1, 0.15) is 6.10 Å². The van der Waals surface area contributed by atoms with Crippen molar-refractivity contribution in [3.8, 4) is 0 Å². The summed E-state index contributed by atoms with van der Waals surface area (Å²) in [6.07, 6.45) is 0.530. The van der Waals surface area contributed by atoms with E-state index in [0.717, 1.165) is 26.1 Å². The van der Waals surface area contributed by atoms with E-state index in [1.165, 1.54) is 0 Å². The number of amides is 1. The monoisotopic (exact) mass is 256 g/mol. The van der Waals surface area contributed by atoms with Gasteiger partial charge in [0.25, 0.3) is 5.91 Å². The van der Waals surface area contributed by atoms with Crippen LogP contribution in [0.2, 0.25) is 0 Å². The molecular weight excluding hydrogens is 236 g/mol. The lowest BCUT2D eigenvalue weighted by molar-refractivity contribution is -0.154.